The average molecular weight is 118 g/mol. The van der Waals surface area contributed by atoms with E-state index < -0.39 is 11.2 Å². The summed E-state index contributed by atoms with van der Waals surface area (Å²) in [6, 6.07) is 0. The van der Waals surface area contributed by atoms with Crippen LogP contribution < -0.4 is 9.86 Å². The number of nitrogens with one attached hydrogen (secondary N) is 1. The second kappa shape index (κ2) is 3.81. The van der Waals surface area contributed by atoms with Crippen LogP contribution in [0.4, 0.5) is 0 Å². The molecule has 7 heavy (non-hydrogen) atoms. The van der Waals surface area contributed by atoms with E-state index in [2.05, 4.69) is 10.6 Å². The van der Waals surface area contributed by atoms with Gasteiger partial charge in [0.25, 0.3) is 0 Å². The number of nitrogens with two attached hydrogens (primary N) is 1. The first-order valence-electron chi connectivity index (χ1n) is 1.60. The third-order valence-corrected chi connectivity index (χ3v) is 0.745. The van der Waals surface area contributed by atoms with Crippen LogP contribution in [0.1, 0.15) is 0 Å². The van der Waals surface area contributed by atoms with E-state index in [1.54, 1.807) is 0 Å². The first-order valence-corrected chi connectivity index (χ1v) is 2.82. The molecule has 0 aromatic heterocycles. The van der Waals surface area contributed by atoms with E-state index in [0.29, 0.717) is 0 Å². The normalized spacial score (nSPS) is 12.6. The Kier molecular flexibility index (Phi) is 3.61. The fourth-order valence-electron chi connectivity index (χ4n) is 0.113. The van der Waals surface area contributed by atoms with Gasteiger partial charge in [-0.05, 0) is 0 Å². The molecule has 0 saturated carbocycles. The van der Waals surface area contributed by atoms with Gasteiger partial charge in [-0.3, -0.25) is 0 Å². The Morgan fingerprint density at radius 1 is 2.00 bits per heavy atom. The number of terminal acetylenes is 1. The summed E-state index contributed by atoms with van der Waals surface area (Å²) in [7, 11) is 0. The smallest absolute Gasteiger partial charge is 0.165 e. The SMILES string of the molecule is C#CCNS(N)=O. The molecule has 3 nitrogen and oxygen atoms in total. The minimum absolute atomic E-state index is 0.253. The van der Waals surface area contributed by atoms with E-state index >= 15 is 0 Å². The molecule has 1 atom stereocenters. The van der Waals surface area contributed by atoms with Gasteiger partial charge < -0.3 is 0 Å². The molecule has 0 rings (SSSR count). The molecule has 4 heteroatoms. The van der Waals surface area contributed by atoms with Crippen LogP contribution in [0.2, 0.25) is 0 Å². The van der Waals surface area contributed by atoms with Crippen LogP contribution in [0.15, 0.2) is 0 Å². The van der Waals surface area contributed by atoms with Crippen molar-refractivity contribution in [1.82, 2.24) is 4.72 Å². The Labute approximate surface area is 45.0 Å². The zero-order chi connectivity index (χ0) is 5.70. The maximum Gasteiger partial charge on any atom is 0.165 e. The predicted molar refractivity (Wildman–Crippen MR) is 29.2 cm³/mol. The molecule has 0 aliphatic rings. The molecule has 3 N–H and O–H groups in total. The van der Waals surface area contributed by atoms with Crippen molar-refractivity contribution >= 4 is 11.2 Å². The summed E-state index contributed by atoms with van der Waals surface area (Å²) in [5.74, 6) is 2.21. The van der Waals surface area contributed by atoms with Crippen molar-refractivity contribution < 1.29 is 4.21 Å². The molecule has 0 spiro atoms. The van der Waals surface area contributed by atoms with Gasteiger partial charge in [0.2, 0.25) is 0 Å². The third-order valence-electron chi connectivity index (χ3n) is 0.316. The van der Waals surface area contributed by atoms with Gasteiger partial charge in [-0.1, -0.05) is 5.92 Å². The van der Waals surface area contributed by atoms with Crippen LogP contribution in [0.3, 0.4) is 0 Å². The second-order valence-electron chi connectivity index (χ2n) is 0.823. The highest BCUT2D eigenvalue weighted by Gasteiger charge is 1.80. The van der Waals surface area contributed by atoms with E-state index in [9.17, 15) is 4.21 Å². The Morgan fingerprint density at radius 2 is 2.57 bits per heavy atom. The van der Waals surface area contributed by atoms with E-state index in [1.807, 2.05) is 0 Å². The van der Waals surface area contributed by atoms with Gasteiger partial charge in [-0.25, -0.2) is 14.1 Å². The second-order valence-corrected chi connectivity index (χ2v) is 1.71. The van der Waals surface area contributed by atoms with Gasteiger partial charge in [0.1, 0.15) is 0 Å². The average Bonchev–Trinajstić information content (AvgIpc) is 1.61. The van der Waals surface area contributed by atoms with Crippen LogP contribution in [0.5, 0.6) is 0 Å². The molecule has 0 heterocycles. The highest BCUT2D eigenvalue weighted by Crippen LogP contribution is 1.52. The van der Waals surface area contributed by atoms with E-state index in [-0.39, 0.29) is 6.54 Å². The zero-order valence-corrected chi connectivity index (χ0v) is 4.49. The van der Waals surface area contributed by atoms with E-state index in [0.717, 1.165) is 0 Å². The molecule has 0 aromatic carbocycles. The molecule has 0 aliphatic heterocycles. The minimum atomic E-state index is -1.46. The summed E-state index contributed by atoms with van der Waals surface area (Å²) in [5.41, 5.74) is 0. The molecular formula is C3H6N2OS. The van der Waals surface area contributed by atoms with Gasteiger partial charge in [0.05, 0.1) is 6.54 Å². The molecule has 0 aromatic rings. The van der Waals surface area contributed by atoms with Gasteiger partial charge in [-0.15, -0.1) is 6.42 Å². The third kappa shape index (κ3) is 5.63. The largest absolute Gasteiger partial charge is 0.238 e. The van der Waals surface area contributed by atoms with Crippen LogP contribution in [0, 0.1) is 12.3 Å². The predicted octanol–water partition coefficient (Wildman–Crippen LogP) is -1.25. The lowest BCUT2D eigenvalue weighted by Crippen LogP contribution is -2.23. The van der Waals surface area contributed by atoms with E-state index in [1.165, 1.54) is 0 Å². The lowest BCUT2D eigenvalue weighted by atomic mass is 10.7. The van der Waals surface area contributed by atoms with Crippen LogP contribution in [-0.2, 0) is 11.2 Å². The van der Waals surface area contributed by atoms with E-state index in [4.69, 9.17) is 11.6 Å². The summed E-state index contributed by atoms with van der Waals surface area (Å²) >= 11 is -1.46. The van der Waals surface area contributed by atoms with Crippen molar-refractivity contribution in [1.29, 1.82) is 0 Å². The van der Waals surface area contributed by atoms with Gasteiger partial charge in [0, 0.05) is 0 Å². The topological polar surface area (TPSA) is 55.1 Å². The van der Waals surface area contributed by atoms with Gasteiger partial charge >= 0.3 is 0 Å². The minimum Gasteiger partial charge on any atom is -0.238 e. The van der Waals surface area contributed by atoms with Gasteiger partial charge in [0.15, 0.2) is 11.2 Å². The molecule has 0 aliphatic carbocycles. The first kappa shape index (κ1) is 6.63. The zero-order valence-electron chi connectivity index (χ0n) is 3.68. The summed E-state index contributed by atoms with van der Waals surface area (Å²) in [5, 5.41) is 4.74. The molecular weight excluding hydrogens is 112 g/mol. The van der Waals surface area contributed by atoms with Crippen molar-refractivity contribution in [2.24, 2.45) is 5.14 Å². The molecule has 0 amide bonds. The standard InChI is InChI=1S/C3H6N2OS/c1-2-3-5-7(4)6/h1,5H,3-4H2. The summed E-state index contributed by atoms with van der Waals surface area (Å²) in [6.07, 6.45) is 4.77. The molecule has 0 fully saturated rings. The summed E-state index contributed by atoms with van der Waals surface area (Å²) in [4.78, 5) is 0. The van der Waals surface area contributed by atoms with Crippen molar-refractivity contribution in [3.05, 3.63) is 0 Å². The maximum atomic E-state index is 9.88. The van der Waals surface area contributed by atoms with Gasteiger partial charge in [-0.2, -0.15) is 0 Å². The molecule has 0 bridgehead atoms. The number of hydrogen-bond donors (Lipinski definition) is 2. The molecule has 0 radical (unpaired) electrons. The van der Waals surface area contributed by atoms with Crippen molar-refractivity contribution in [3.8, 4) is 12.3 Å². The van der Waals surface area contributed by atoms with Crippen LogP contribution >= 0.6 is 0 Å². The Bertz CT molecular complexity index is 106. The first-order chi connectivity index (χ1) is 3.27. The van der Waals surface area contributed by atoms with Crippen molar-refractivity contribution in [2.75, 3.05) is 6.54 Å². The van der Waals surface area contributed by atoms with Crippen molar-refractivity contribution in [2.45, 2.75) is 0 Å². The highest BCUT2D eigenvalue weighted by atomic mass is 32.2. The number of rotatable bonds is 2. The number of hydrogen-bond acceptors (Lipinski definition) is 1. The maximum absolute atomic E-state index is 9.88. The van der Waals surface area contributed by atoms with Crippen LogP contribution in [0.25, 0.3) is 0 Å². The fourth-order valence-corrected chi connectivity index (χ4v) is 0.338. The Hall–Kier alpha value is -0.370. The highest BCUT2D eigenvalue weighted by molar-refractivity contribution is 7.80. The quantitative estimate of drug-likeness (QED) is 0.437. The van der Waals surface area contributed by atoms with Crippen molar-refractivity contribution in [3.63, 3.8) is 0 Å². The summed E-state index contributed by atoms with van der Waals surface area (Å²) < 4.78 is 12.2. The Morgan fingerprint density at radius 3 is 2.71 bits per heavy atom. The lowest BCUT2D eigenvalue weighted by Gasteiger charge is -1.87. The molecule has 0 saturated heterocycles. The lowest BCUT2D eigenvalue weighted by molar-refractivity contribution is 0.677. The fraction of sp³-hybridized carbons (Fsp3) is 0.333. The molecule has 1 unspecified atom stereocenters. The summed E-state index contributed by atoms with van der Waals surface area (Å²) in [6.45, 7) is 0.253. The van der Waals surface area contributed by atoms with Crippen LogP contribution in [-0.4, -0.2) is 10.8 Å². The molecule has 40 valence electrons. The monoisotopic (exact) mass is 118 g/mol. The Balaban J connectivity index is 3.02.